The number of hydrogen-bond donors (Lipinski definition) is 1. The van der Waals surface area contributed by atoms with Crippen molar-refractivity contribution >= 4 is 35.3 Å². The average molecular weight is 337 g/mol. The standard InChI is InChI=1S/C16H14Cl2N2O2/c1-11(22-15-7-5-13(17)6-8-15)16(21)20-19-10-12-3-2-4-14(18)9-12/h2-11H,1H3,(H,20,21)/b19-10-/t11-/m1/s1. The Morgan fingerprint density at radius 2 is 1.91 bits per heavy atom. The molecule has 2 aromatic rings. The van der Waals surface area contributed by atoms with Gasteiger partial charge in [0.1, 0.15) is 5.75 Å². The molecule has 4 nitrogen and oxygen atoms in total. The highest BCUT2D eigenvalue weighted by Gasteiger charge is 2.13. The quantitative estimate of drug-likeness (QED) is 0.664. The molecule has 114 valence electrons. The van der Waals surface area contributed by atoms with Crippen molar-refractivity contribution in [3.63, 3.8) is 0 Å². The van der Waals surface area contributed by atoms with Crippen LogP contribution in [0.4, 0.5) is 0 Å². The monoisotopic (exact) mass is 336 g/mol. The van der Waals surface area contributed by atoms with Gasteiger partial charge >= 0.3 is 0 Å². The van der Waals surface area contributed by atoms with Gasteiger partial charge in [-0.1, -0.05) is 35.3 Å². The number of ether oxygens (including phenoxy) is 1. The van der Waals surface area contributed by atoms with Crippen molar-refractivity contribution in [3.05, 3.63) is 64.1 Å². The van der Waals surface area contributed by atoms with Crippen LogP contribution in [0.2, 0.25) is 10.0 Å². The lowest BCUT2D eigenvalue weighted by Gasteiger charge is -2.12. The Kier molecular flexibility index (Phi) is 5.81. The van der Waals surface area contributed by atoms with Crippen molar-refractivity contribution in [3.8, 4) is 5.75 Å². The molecule has 0 saturated heterocycles. The van der Waals surface area contributed by atoms with Crippen molar-refractivity contribution in [2.24, 2.45) is 5.10 Å². The largest absolute Gasteiger partial charge is 0.481 e. The number of carbonyl (C=O) groups excluding carboxylic acids is 1. The molecule has 0 unspecified atom stereocenters. The minimum Gasteiger partial charge on any atom is -0.481 e. The van der Waals surface area contributed by atoms with Gasteiger partial charge in [0.05, 0.1) is 6.21 Å². The Balaban J connectivity index is 1.87. The Bertz CT molecular complexity index is 672. The first-order valence-electron chi connectivity index (χ1n) is 6.55. The van der Waals surface area contributed by atoms with Gasteiger partial charge < -0.3 is 4.74 Å². The molecule has 22 heavy (non-hydrogen) atoms. The van der Waals surface area contributed by atoms with E-state index in [-0.39, 0.29) is 5.91 Å². The second-order valence-electron chi connectivity index (χ2n) is 4.50. The van der Waals surface area contributed by atoms with Crippen LogP contribution in [0.1, 0.15) is 12.5 Å². The third-order valence-corrected chi connectivity index (χ3v) is 3.22. The maximum atomic E-state index is 11.9. The van der Waals surface area contributed by atoms with Crippen molar-refractivity contribution < 1.29 is 9.53 Å². The highest BCUT2D eigenvalue weighted by Crippen LogP contribution is 2.16. The first kappa shape index (κ1) is 16.3. The van der Waals surface area contributed by atoms with E-state index in [1.165, 1.54) is 6.21 Å². The Morgan fingerprint density at radius 3 is 2.59 bits per heavy atom. The van der Waals surface area contributed by atoms with E-state index in [9.17, 15) is 4.79 Å². The van der Waals surface area contributed by atoms with E-state index in [2.05, 4.69) is 10.5 Å². The van der Waals surface area contributed by atoms with E-state index in [0.29, 0.717) is 15.8 Å². The number of rotatable bonds is 5. The summed E-state index contributed by atoms with van der Waals surface area (Å²) in [5.74, 6) is 0.207. The fourth-order valence-corrected chi connectivity index (χ4v) is 1.94. The molecular formula is C16H14Cl2N2O2. The molecule has 2 rings (SSSR count). The van der Waals surface area contributed by atoms with E-state index in [1.54, 1.807) is 49.4 Å². The van der Waals surface area contributed by atoms with Gasteiger partial charge in [-0.2, -0.15) is 5.10 Å². The summed E-state index contributed by atoms with van der Waals surface area (Å²) < 4.78 is 5.49. The number of hydrazone groups is 1. The first-order chi connectivity index (χ1) is 10.5. The molecule has 0 aliphatic heterocycles. The Morgan fingerprint density at radius 1 is 1.18 bits per heavy atom. The molecule has 1 amide bonds. The van der Waals surface area contributed by atoms with Gasteiger partial charge in [-0.15, -0.1) is 0 Å². The molecular weight excluding hydrogens is 323 g/mol. The summed E-state index contributed by atoms with van der Waals surface area (Å²) in [7, 11) is 0. The zero-order chi connectivity index (χ0) is 15.9. The summed E-state index contributed by atoms with van der Waals surface area (Å²) in [5.41, 5.74) is 3.21. The fraction of sp³-hybridized carbons (Fsp3) is 0.125. The van der Waals surface area contributed by atoms with Crippen LogP contribution >= 0.6 is 23.2 Å². The van der Waals surface area contributed by atoms with Crippen LogP contribution in [0.25, 0.3) is 0 Å². The lowest BCUT2D eigenvalue weighted by Crippen LogP contribution is -2.33. The minimum atomic E-state index is -0.683. The van der Waals surface area contributed by atoms with Gasteiger partial charge in [-0.25, -0.2) is 5.43 Å². The molecule has 0 saturated carbocycles. The number of hydrogen-bond acceptors (Lipinski definition) is 3. The molecule has 0 radical (unpaired) electrons. The van der Waals surface area contributed by atoms with Gasteiger partial charge in [-0.3, -0.25) is 4.79 Å². The molecule has 0 aliphatic carbocycles. The van der Waals surface area contributed by atoms with E-state index in [4.69, 9.17) is 27.9 Å². The van der Waals surface area contributed by atoms with Crippen LogP contribution in [0, 0.1) is 0 Å². The number of amides is 1. The SMILES string of the molecule is C[C@@H](Oc1ccc(Cl)cc1)C(=O)N/N=C\c1cccc(Cl)c1. The molecule has 0 bridgehead atoms. The summed E-state index contributed by atoms with van der Waals surface area (Å²) >= 11 is 11.6. The number of carbonyl (C=O) groups is 1. The van der Waals surface area contributed by atoms with Crippen molar-refractivity contribution in [1.29, 1.82) is 0 Å². The maximum Gasteiger partial charge on any atom is 0.280 e. The predicted molar refractivity (Wildman–Crippen MR) is 88.7 cm³/mol. The minimum absolute atomic E-state index is 0.353. The Hall–Kier alpha value is -2.04. The van der Waals surface area contributed by atoms with Crippen LogP contribution in [-0.4, -0.2) is 18.2 Å². The zero-order valence-corrected chi connectivity index (χ0v) is 13.3. The molecule has 1 N–H and O–H groups in total. The highest BCUT2D eigenvalue weighted by atomic mass is 35.5. The molecule has 0 fully saturated rings. The summed E-state index contributed by atoms with van der Waals surface area (Å²) in [6.45, 7) is 1.64. The van der Waals surface area contributed by atoms with Crippen LogP contribution in [0.15, 0.2) is 53.6 Å². The van der Waals surface area contributed by atoms with E-state index < -0.39 is 6.10 Å². The first-order valence-corrected chi connectivity index (χ1v) is 7.31. The number of nitrogens with zero attached hydrogens (tertiary/aromatic N) is 1. The van der Waals surface area contributed by atoms with Crippen LogP contribution in [-0.2, 0) is 4.79 Å². The van der Waals surface area contributed by atoms with Gasteiger partial charge in [0.15, 0.2) is 6.10 Å². The Labute approximate surface area is 138 Å². The zero-order valence-electron chi connectivity index (χ0n) is 11.8. The highest BCUT2D eigenvalue weighted by molar-refractivity contribution is 6.31. The third kappa shape index (κ3) is 5.06. The van der Waals surface area contributed by atoms with Gasteiger partial charge in [0, 0.05) is 10.0 Å². The van der Waals surface area contributed by atoms with Gasteiger partial charge in [-0.05, 0) is 48.9 Å². The van der Waals surface area contributed by atoms with E-state index in [0.717, 1.165) is 5.56 Å². The number of benzene rings is 2. The predicted octanol–water partition coefficient (Wildman–Crippen LogP) is 3.91. The fourth-order valence-electron chi connectivity index (χ4n) is 1.62. The molecule has 6 heteroatoms. The van der Waals surface area contributed by atoms with Crippen molar-refractivity contribution in [2.75, 3.05) is 0 Å². The lowest BCUT2D eigenvalue weighted by molar-refractivity contribution is -0.127. The summed E-state index contributed by atoms with van der Waals surface area (Å²) in [6, 6.07) is 13.9. The van der Waals surface area contributed by atoms with E-state index in [1.807, 2.05) is 6.07 Å². The second kappa shape index (κ2) is 7.82. The molecule has 2 aromatic carbocycles. The molecule has 1 atom stereocenters. The molecule has 0 spiro atoms. The summed E-state index contributed by atoms with van der Waals surface area (Å²) in [4.78, 5) is 11.9. The number of nitrogens with one attached hydrogen (secondary N) is 1. The third-order valence-electron chi connectivity index (χ3n) is 2.73. The summed E-state index contributed by atoms with van der Waals surface area (Å²) in [6.07, 6.45) is 0.830. The van der Waals surface area contributed by atoms with E-state index >= 15 is 0 Å². The number of halogens is 2. The molecule has 0 aliphatic rings. The molecule has 0 aromatic heterocycles. The van der Waals surface area contributed by atoms with Crippen molar-refractivity contribution in [1.82, 2.24) is 5.43 Å². The smallest absolute Gasteiger partial charge is 0.280 e. The normalized spacial score (nSPS) is 12.1. The average Bonchev–Trinajstić information content (AvgIpc) is 2.49. The van der Waals surface area contributed by atoms with Gasteiger partial charge in [0.2, 0.25) is 0 Å². The van der Waals surface area contributed by atoms with Gasteiger partial charge in [0.25, 0.3) is 5.91 Å². The van der Waals surface area contributed by atoms with Crippen LogP contribution in [0.3, 0.4) is 0 Å². The summed E-state index contributed by atoms with van der Waals surface area (Å²) in [5, 5.41) is 5.09. The topological polar surface area (TPSA) is 50.7 Å². The second-order valence-corrected chi connectivity index (χ2v) is 5.38. The van der Waals surface area contributed by atoms with Crippen LogP contribution in [0.5, 0.6) is 5.75 Å². The molecule has 0 heterocycles. The van der Waals surface area contributed by atoms with Crippen molar-refractivity contribution in [2.45, 2.75) is 13.0 Å². The lowest BCUT2D eigenvalue weighted by atomic mass is 10.2. The maximum absolute atomic E-state index is 11.9. The van der Waals surface area contributed by atoms with Crippen LogP contribution < -0.4 is 10.2 Å².